The number of phosphoric acid groups is 1. The van der Waals surface area contributed by atoms with Gasteiger partial charge in [-0.1, -0.05) is 0 Å². The Hall–Kier alpha value is -0.0100. The predicted molar refractivity (Wildman–Crippen MR) is 46.1 cm³/mol. The van der Waals surface area contributed by atoms with Crippen LogP contribution in [0.1, 0.15) is 12.8 Å². The first-order valence-corrected chi connectivity index (χ1v) is 5.68. The fourth-order valence-corrected chi connectivity index (χ4v) is 2.16. The van der Waals surface area contributed by atoms with Crippen molar-refractivity contribution in [2.75, 3.05) is 0 Å². The molecule has 0 aromatic carbocycles. The number of phosphoric ester groups is 1. The van der Waals surface area contributed by atoms with Crippen molar-refractivity contribution in [1.82, 2.24) is 0 Å². The van der Waals surface area contributed by atoms with E-state index in [9.17, 15) is 14.8 Å². The van der Waals surface area contributed by atoms with Gasteiger partial charge in [0, 0.05) is 12.5 Å². The van der Waals surface area contributed by atoms with Gasteiger partial charge in [-0.25, -0.2) is 4.57 Å². The van der Waals surface area contributed by atoms with Crippen LogP contribution in [0.15, 0.2) is 0 Å². The zero-order valence-electron chi connectivity index (χ0n) is 7.35. The Kier molecular flexibility index (Phi) is 3.65. The van der Waals surface area contributed by atoms with E-state index in [1.165, 1.54) is 0 Å². The van der Waals surface area contributed by atoms with Gasteiger partial charge in [0.15, 0.2) is 0 Å². The van der Waals surface area contributed by atoms with Gasteiger partial charge in [-0.05, 0) is 6.42 Å². The van der Waals surface area contributed by atoms with Crippen molar-refractivity contribution in [2.24, 2.45) is 5.73 Å². The highest BCUT2D eigenvalue weighted by atomic mass is 31.2. The maximum atomic E-state index is 10.5. The second-order valence-electron chi connectivity index (χ2n) is 3.42. The first kappa shape index (κ1) is 12.1. The van der Waals surface area contributed by atoms with Crippen molar-refractivity contribution >= 4 is 7.82 Å². The Balaban J connectivity index is 2.63. The quantitative estimate of drug-likeness (QED) is 0.355. The Morgan fingerprint density at radius 3 is 2.29 bits per heavy atom. The minimum absolute atomic E-state index is 0.0123. The van der Waals surface area contributed by atoms with Gasteiger partial charge in [-0.15, -0.1) is 0 Å². The van der Waals surface area contributed by atoms with E-state index < -0.39 is 32.2 Å². The molecule has 1 saturated carbocycles. The Morgan fingerprint density at radius 2 is 1.86 bits per heavy atom. The third kappa shape index (κ3) is 3.29. The summed E-state index contributed by atoms with van der Waals surface area (Å²) in [6.45, 7) is 0. The molecule has 0 saturated heterocycles. The van der Waals surface area contributed by atoms with Crippen LogP contribution in [-0.4, -0.2) is 44.4 Å². The summed E-state index contributed by atoms with van der Waals surface area (Å²) in [7, 11) is -4.65. The van der Waals surface area contributed by atoms with E-state index in [0.717, 1.165) is 0 Å². The third-order valence-corrected chi connectivity index (χ3v) is 2.64. The number of aliphatic hydroxyl groups excluding tert-OH is 2. The highest BCUT2D eigenvalue weighted by Crippen LogP contribution is 2.40. The molecule has 1 aliphatic rings. The second-order valence-corrected chi connectivity index (χ2v) is 4.61. The van der Waals surface area contributed by atoms with Gasteiger partial charge in [-0.3, -0.25) is 4.52 Å². The summed E-state index contributed by atoms with van der Waals surface area (Å²) < 4.78 is 14.8. The highest BCUT2D eigenvalue weighted by Gasteiger charge is 2.38. The summed E-state index contributed by atoms with van der Waals surface area (Å²) in [6.07, 6.45) is -2.86. The number of rotatable bonds is 2. The first-order chi connectivity index (χ1) is 6.29. The van der Waals surface area contributed by atoms with Crippen LogP contribution >= 0.6 is 7.82 Å². The molecule has 6 N–H and O–H groups in total. The average molecular weight is 227 g/mol. The Bertz CT molecular complexity index is 230. The lowest BCUT2D eigenvalue weighted by Gasteiger charge is -2.35. The first-order valence-electron chi connectivity index (χ1n) is 4.15. The van der Waals surface area contributed by atoms with Crippen molar-refractivity contribution in [3.8, 4) is 0 Å². The van der Waals surface area contributed by atoms with E-state index in [2.05, 4.69) is 4.52 Å². The predicted octanol–water partition coefficient (Wildman–Crippen LogP) is -1.69. The zero-order valence-corrected chi connectivity index (χ0v) is 8.25. The molecule has 1 rings (SSSR count). The fraction of sp³-hybridized carbons (Fsp3) is 1.00. The molecule has 0 radical (unpaired) electrons. The molecule has 8 heteroatoms. The molecule has 0 aromatic rings. The van der Waals surface area contributed by atoms with E-state index >= 15 is 0 Å². The van der Waals surface area contributed by atoms with E-state index in [0.29, 0.717) is 0 Å². The molecule has 0 aromatic heterocycles. The smallest absolute Gasteiger partial charge is 0.393 e. The summed E-state index contributed by atoms with van der Waals surface area (Å²) in [6, 6.07) is -0.777. The van der Waals surface area contributed by atoms with Crippen molar-refractivity contribution in [3.05, 3.63) is 0 Å². The minimum Gasteiger partial charge on any atom is -0.393 e. The van der Waals surface area contributed by atoms with Gasteiger partial charge < -0.3 is 25.7 Å². The molecule has 84 valence electrons. The molecular weight excluding hydrogens is 213 g/mol. The standard InChI is InChI=1S/C6H14NO6P/c7-4-1-3(8)2-5(9)6(4)13-14(10,11)12/h3-6,8-9H,1-2,7H2,(H2,10,11,12)/t3-,4+,5+,6-/m0/s1. The van der Waals surface area contributed by atoms with Crippen molar-refractivity contribution < 1.29 is 29.1 Å². The number of aliphatic hydroxyl groups is 2. The summed E-state index contributed by atoms with van der Waals surface area (Å²) in [5.41, 5.74) is 5.48. The maximum Gasteiger partial charge on any atom is 0.469 e. The van der Waals surface area contributed by atoms with Crippen LogP contribution in [0.3, 0.4) is 0 Å². The molecule has 14 heavy (non-hydrogen) atoms. The second kappa shape index (κ2) is 4.24. The maximum absolute atomic E-state index is 10.5. The average Bonchev–Trinajstić information content (AvgIpc) is 1.95. The molecule has 0 heterocycles. The monoisotopic (exact) mass is 227 g/mol. The molecule has 0 unspecified atom stereocenters. The van der Waals surface area contributed by atoms with Crippen molar-refractivity contribution in [2.45, 2.75) is 37.2 Å². The molecule has 1 aliphatic carbocycles. The summed E-state index contributed by atoms with van der Waals surface area (Å²) in [4.78, 5) is 17.1. The lowest BCUT2D eigenvalue weighted by atomic mass is 9.89. The Labute approximate surface area is 80.7 Å². The van der Waals surface area contributed by atoms with Crippen molar-refractivity contribution in [1.29, 1.82) is 0 Å². The summed E-state index contributed by atoms with van der Waals surface area (Å²) in [5.74, 6) is 0. The van der Waals surface area contributed by atoms with Crippen LogP contribution in [0, 0.1) is 0 Å². The van der Waals surface area contributed by atoms with E-state index in [-0.39, 0.29) is 12.8 Å². The molecule has 4 atom stereocenters. The molecule has 0 amide bonds. The van der Waals surface area contributed by atoms with Crippen LogP contribution in [0.4, 0.5) is 0 Å². The van der Waals surface area contributed by atoms with Gasteiger partial charge >= 0.3 is 7.82 Å². The van der Waals surface area contributed by atoms with Gasteiger partial charge in [0.25, 0.3) is 0 Å². The fourth-order valence-electron chi connectivity index (χ4n) is 1.55. The topological polar surface area (TPSA) is 133 Å². The zero-order chi connectivity index (χ0) is 10.9. The van der Waals surface area contributed by atoms with Gasteiger partial charge in [0.1, 0.15) is 6.10 Å². The SMILES string of the molecule is N[C@@H]1C[C@H](O)C[C@@H](O)[C@H]1OP(=O)(O)O. The summed E-state index contributed by atoms with van der Waals surface area (Å²) in [5, 5.41) is 18.5. The van der Waals surface area contributed by atoms with Crippen LogP contribution in [0.5, 0.6) is 0 Å². The number of nitrogens with two attached hydrogens (primary N) is 1. The number of hydrogen-bond donors (Lipinski definition) is 5. The van der Waals surface area contributed by atoms with Gasteiger partial charge in [-0.2, -0.15) is 0 Å². The largest absolute Gasteiger partial charge is 0.469 e. The van der Waals surface area contributed by atoms with Crippen molar-refractivity contribution in [3.63, 3.8) is 0 Å². The summed E-state index contributed by atoms with van der Waals surface area (Å²) >= 11 is 0. The van der Waals surface area contributed by atoms with E-state index in [4.69, 9.17) is 15.5 Å². The number of hydrogen-bond acceptors (Lipinski definition) is 5. The van der Waals surface area contributed by atoms with Crippen LogP contribution < -0.4 is 5.73 Å². The van der Waals surface area contributed by atoms with Gasteiger partial charge in [0.05, 0.1) is 12.2 Å². The molecule has 0 spiro atoms. The minimum atomic E-state index is -4.65. The molecular formula is C6H14NO6P. The van der Waals surface area contributed by atoms with Crippen LogP contribution in [0.2, 0.25) is 0 Å². The molecule has 1 fully saturated rings. The highest BCUT2D eigenvalue weighted by molar-refractivity contribution is 7.46. The Morgan fingerprint density at radius 1 is 1.29 bits per heavy atom. The lowest BCUT2D eigenvalue weighted by Crippen LogP contribution is -2.51. The molecule has 0 aliphatic heterocycles. The lowest BCUT2D eigenvalue weighted by molar-refractivity contribution is -0.0580. The van der Waals surface area contributed by atoms with Crippen LogP contribution in [-0.2, 0) is 9.09 Å². The van der Waals surface area contributed by atoms with Crippen LogP contribution in [0.25, 0.3) is 0 Å². The normalized spacial score (nSPS) is 39.8. The van der Waals surface area contributed by atoms with Gasteiger partial charge in [0.2, 0.25) is 0 Å². The molecule has 7 nitrogen and oxygen atoms in total. The van der Waals surface area contributed by atoms with E-state index in [1.54, 1.807) is 0 Å². The molecule has 0 bridgehead atoms. The third-order valence-electron chi connectivity index (χ3n) is 2.12. The van der Waals surface area contributed by atoms with E-state index in [1.807, 2.05) is 0 Å².